The molecule has 0 aliphatic carbocycles. The minimum Gasteiger partial charge on any atom is -0.363 e. The van der Waals surface area contributed by atoms with Gasteiger partial charge in [-0.3, -0.25) is 4.79 Å². The SMILES string of the molecule is O=C(Nc1ccc(Cl)cc1Br)C1OCCc2ccccc21. The van der Waals surface area contributed by atoms with Gasteiger partial charge in [-0.25, -0.2) is 0 Å². The molecule has 0 saturated heterocycles. The van der Waals surface area contributed by atoms with Crippen molar-refractivity contribution in [2.24, 2.45) is 0 Å². The van der Waals surface area contributed by atoms with Crippen LogP contribution < -0.4 is 5.32 Å². The zero-order chi connectivity index (χ0) is 14.8. The van der Waals surface area contributed by atoms with Gasteiger partial charge in [0.25, 0.3) is 5.91 Å². The Kier molecular flexibility index (Phi) is 4.29. The monoisotopic (exact) mass is 365 g/mol. The molecular weight excluding hydrogens is 354 g/mol. The highest BCUT2D eigenvalue weighted by molar-refractivity contribution is 9.10. The molecule has 0 aromatic heterocycles. The Labute approximate surface area is 136 Å². The average Bonchev–Trinajstić information content (AvgIpc) is 2.49. The maximum absolute atomic E-state index is 12.5. The summed E-state index contributed by atoms with van der Waals surface area (Å²) in [6.07, 6.45) is 0.266. The summed E-state index contributed by atoms with van der Waals surface area (Å²) in [4.78, 5) is 12.5. The summed E-state index contributed by atoms with van der Waals surface area (Å²) < 4.78 is 6.39. The van der Waals surface area contributed by atoms with Crippen LogP contribution in [0.3, 0.4) is 0 Å². The first kappa shape index (κ1) is 14.6. The van der Waals surface area contributed by atoms with E-state index in [9.17, 15) is 4.79 Å². The maximum atomic E-state index is 12.5. The highest BCUT2D eigenvalue weighted by atomic mass is 79.9. The van der Waals surface area contributed by atoms with Crippen LogP contribution in [0.5, 0.6) is 0 Å². The van der Waals surface area contributed by atoms with Gasteiger partial charge in [-0.2, -0.15) is 0 Å². The lowest BCUT2D eigenvalue weighted by Crippen LogP contribution is -2.28. The number of carbonyl (C=O) groups is 1. The van der Waals surface area contributed by atoms with Gasteiger partial charge in [0, 0.05) is 9.50 Å². The fraction of sp³-hybridized carbons (Fsp3) is 0.188. The molecule has 2 aromatic carbocycles. The molecule has 3 rings (SSSR count). The molecule has 0 saturated carbocycles. The lowest BCUT2D eigenvalue weighted by Gasteiger charge is -2.25. The van der Waals surface area contributed by atoms with Crippen LogP contribution in [0, 0.1) is 0 Å². The Morgan fingerprint density at radius 3 is 2.90 bits per heavy atom. The molecule has 1 aliphatic heterocycles. The average molecular weight is 367 g/mol. The van der Waals surface area contributed by atoms with Crippen molar-refractivity contribution in [2.45, 2.75) is 12.5 Å². The first-order valence-electron chi connectivity index (χ1n) is 6.60. The minimum atomic E-state index is -0.572. The molecule has 1 aliphatic rings. The van der Waals surface area contributed by atoms with E-state index in [-0.39, 0.29) is 5.91 Å². The van der Waals surface area contributed by atoms with Crippen LogP contribution in [-0.4, -0.2) is 12.5 Å². The molecule has 0 bridgehead atoms. The molecule has 108 valence electrons. The molecule has 1 atom stereocenters. The van der Waals surface area contributed by atoms with E-state index in [1.54, 1.807) is 18.2 Å². The number of hydrogen-bond donors (Lipinski definition) is 1. The molecule has 0 radical (unpaired) electrons. The second-order valence-electron chi connectivity index (χ2n) is 4.81. The van der Waals surface area contributed by atoms with Crippen LogP contribution >= 0.6 is 27.5 Å². The third kappa shape index (κ3) is 3.12. The first-order chi connectivity index (χ1) is 10.1. The Hall–Kier alpha value is -1.36. The molecule has 1 N–H and O–H groups in total. The van der Waals surface area contributed by atoms with Gasteiger partial charge in [0.15, 0.2) is 6.10 Å². The van der Waals surface area contributed by atoms with Gasteiger partial charge in [-0.1, -0.05) is 35.9 Å². The van der Waals surface area contributed by atoms with Crippen LogP contribution in [0.25, 0.3) is 0 Å². The van der Waals surface area contributed by atoms with Gasteiger partial charge >= 0.3 is 0 Å². The van der Waals surface area contributed by atoms with E-state index in [4.69, 9.17) is 16.3 Å². The number of rotatable bonds is 2. The summed E-state index contributed by atoms with van der Waals surface area (Å²) in [6, 6.07) is 13.1. The van der Waals surface area contributed by atoms with Gasteiger partial charge in [-0.05, 0) is 51.7 Å². The van der Waals surface area contributed by atoms with Crippen molar-refractivity contribution in [3.63, 3.8) is 0 Å². The summed E-state index contributed by atoms with van der Waals surface area (Å²) in [5, 5.41) is 3.49. The summed E-state index contributed by atoms with van der Waals surface area (Å²) >= 11 is 9.29. The second-order valence-corrected chi connectivity index (χ2v) is 6.10. The van der Waals surface area contributed by atoms with Crippen molar-refractivity contribution >= 4 is 39.1 Å². The Balaban J connectivity index is 1.83. The van der Waals surface area contributed by atoms with Crippen LogP contribution in [0.2, 0.25) is 5.02 Å². The quantitative estimate of drug-likeness (QED) is 0.858. The van der Waals surface area contributed by atoms with Crippen molar-refractivity contribution in [3.8, 4) is 0 Å². The van der Waals surface area contributed by atoms with Crippen molar-refractivity contribution in [1.82, 2.24) is 0 Å². The largest absolute Gasteiger partial charge is 0.363 e. The number of benzene rings is 2. The number of halogens is 2. The first-order valence-corrected chi connectivity index (χ1v) is 7.77. The van der Waals surface area contributed by atoms with Crippen LogP contribution in [0.4, 0.5) is 5.69 Å². The predicted octanol–water partition coefficient (Wildman–Crippen LogP) is 4.36. The van der Waals surface area contributed by atoms with Gasteiger partial charge < -0.3 is 10.1 Å². The molecule has 21 heavy (non-hydrogen) atoms. The number of ether oxygens (including phenoxy) is 1. The summed E-state index contributed by atoms with van der Waals surface area (Å²) in [6.45, 7) is 0.552. The normalized spacial score (nSPS) is 17.1. The molecule has 5 heteroatoms. The summed E-state index contributed by atoms with van der Waals surface area (Å²) in [7, 11) is 0. The van der Waals surface area contributed by atoms with E-state index in [1.807, 2.05) is 24.3 Å². The minimum absolute atomic E-state index is 0.176. The molecule has 1 amide bonds. The lowest BCUT2D eigenvalue weighted by atomic mass is 9.97. The van der Waals surface area contributed by atoms with Crippen LogP contribution in [0.15, 0.2) is 46.9 Å². The Morgan fingerprint density at radius 1 is 1.29 bits per heavy atom. The third-order valence-corrected chi connectivity index (χ3v) is 4.31. The molecule has 0 spiro atoms. The topological polar surface area (TPSA) is 38.3 Å². The number of anilines is 1. The highest BCUT2D eigenvalue weighted by Crippen LogP contribution is 2.30. The van der Waals surface area contributed by atoms with E-state index < -0.39 is 6.10 Å². The van der Waals surface area contributed by atoms with Crippen molar-refractivity contribution < 1.29 is 9.53 Å². The molecule has 2 aromatic rings. The van der Waals surface area contributed by atoms with E-state index >= 15 is 0 Å². The van der Waals surface area contributed by atoms with E-state index in [0.29, 0.717) is 17.3 Å². The number of nitrogens with one attached hydrogen (secondary N) is 1. The summed E-state index contributed by atoms with van der Waals surface area (Å²) in [5.41, 5.74) is 2.78. The smallest absolute Gasteiger partial charge is 0.258 e. The second kappa shape index (κ2) is 6.18. The van der Waals surface area contributed by atoms with Gasteiger partial charge in [-0.15, -0.1) is 0 Å². The van der Waals surface area contributed by atoms with E-state index in [1.165, 1.54) is 5.56 Å². The number of hydrogen-bond acceptors (Lipinski definition) is 2. The van der Waals surface area contributed by atoms with Gasteiger partial charge in [0.05, 0.1) is 12.3 Å². The van der Waals surface area contributed by atoms with Crippen LogP contribution in [-0.2, 0) is 16.0 Å². The maximum Gasteiger partial charge on any atom is 0.258 e. The molecular formula is C16H13BrClNO2. The fourth-order valence-corrected chi connectivity index (χ4v) is 3.18. The van der Waals surface area contributed by atoms with Gasteiger partial charge in [0.1, 0.15) is 0 Å². The Morgan fingerprint density at radius 2 is 2.10 bits per heavy atom. The zero-order valence-corrected chi connectivity index (χ0v) is 13.4. The standard InChI is InChI=1S/C16H13BrClNO2/c17-13-9-11(18)5-6-14(13)19-16(20)15-12-4-2-1-3-10(12)7-8-21-15/h1-6,9,15H,7-8H2,(H,19,20). The molecule has 0 fully saturated rings. The number of carbonyl (C=O) groups excluding carboxylic acids is 1. The molecule has 1 heterocycles. The van der Waals surface area contributed by atoms with Gasteiger partial charge in [0.2, 0.25) is 0 Å². The predicted molar refractivity (Wildman–Crippen MR) is 86.6 cm³/mol. The van der Waals surface area contributed by atoms with Crippen molar-refractivity contribution in [2.75, 3.05) is 11.9 Å². The Bertz CT molecular complexity index is 690. The third-order valence-electron chi connectivity index (χ3n) is 3.42. The van der Waals surface area contributed by atoms with Crippen LogP contribution in [0.1, 0.15) is 17.2 Å². The molecule has 1 unspecified atom stereocenters. The highest BCUT2D eigenvalue weighted by Gasteiger charge is 2.27. The van der Waals surface area contributed by atoms with E-state index in [0.717, 1.165) is 16.5 Å². The summed E-state index contributed by atoms with van der Waals surface area (Å²) in [5.74, 6) is -0.176. The fourth-order valence-electron chi connectivity index (χ4n) is 2.40. The molecule has 3 nitrogen and oxygen atoms in total. The van der Waals surface area contributed by atoms with Crippen molar-refractivity contribution in [3.05, 3.63) is 63.1 Å². The van der Waals surface area contributed by atoms with Crippen molar-refractivity contribution in [1.29, 1.82) is 0 Å². The number of fused-ring (bicyclic) bond motifs is 1. The lowest BCUT2D eigenvalue weighted by molar-refractivity contribution is -0.128. The van der Waals surface area contributed by atoms with E-state index in [2.05, 4.69) is 21.2 Å². The number of amides is 1. The zero-order valence-electron chi connectivity index (χ0n) is 11.1.